The monoisotopic (exact) mass is 278 g/mol. The normalized spacial score (nSPS) is 14.6. The Balaban J connectivity index is 1.78. The molecular formula is C19H20NO+. The minimum Gasteiger partial charge on any atom is -0.451 e. The van der Waals surface area contributed by atoms with Crippen molar-refractivity contribution in [1.82, 2.24) is 0 Å². The molecule has 2 heteroatoms. The second-order valence-electron chi connectivity index (χ2n) is 5.51. The Labute approximate surface area is 126 Å². The van der Waals surface area contributed by atoms with Gasteiger partial charge in [0.2, 0.25) is 6.20 Å². The lowest BCUT2D eigenvalue weighted by Gasteiger charge is -2.08. The van der Waals surface area contributed by atoms with E-state index in [4.69, 9.17) is 4.74 Å². The van der Waals surface area contributed by atoms with Gasteiger partial charge in [-0.25, -0.2) is 0 Å². The Morgan fingerprint density at radius 2 is 1.90 bits per heavy atom. The average molecular weight is 278 g/mol. The van der Waals surface area contributed by atoms with Gasteiger partial charge in [0.25, 0.3) is 0 Å². The van der Waals surface area contributed by atoms with E-state index in [1.54, 1.807) is 0 Å². The topological polar surface area (TPSA) is 13.1 Å². The van der Waals surface area contributed by atoms with Crippen LogP contribution in [0, 0.1) is 0 Å². The predicted octanol–water partition coefficient (Wildman–Crippen LogP) is 4.03. The fourth-order valence-corrected chi connectivity index (χ4v) is 2.60. The zero-order valence-electron chi connectivity index (χ0n) is 12.4. The van der Waals surface area contributed by atoms with Crippen LogP contribution >= 0.6 is 0 Å². The molecule has 0 fully saturated rings. The lowest BCUT2D eigenvalue weighted by molar-refractivity contribution is -0.688. The smallest absolute Gasteiger partial charge is 0.212 e. The quantitative estimate of drug-likeness (QED) is 0.770. The number of aromatic nitrogens is 1. The molecule has 0 N–H and O–H groups in total. The zero-order chi connectivity index (χ0) is 14.7. The van der Waals surface area contributed by atoms with Gasteiger partial charge in [0.15, 0.2) is 18.5 Å². The summed E-state index contributed by atoms with van der Waals surface area (Å²) in [7, 11) is 0. The molecule has 106 valence electrons. The molecule has 1 aliphatic carbocycles. The molecule has 0 saturated heterocycles. The highest BCUT2D eigenvalue weighted by molar-refractivity contribution is 5.36. The van der Waals surface area contributed by atoms with Gasteiger partial charge in [-0.05, 0) is 37.0 Å². The van der Waals surface area contributed by atoms with Crippen molar-refractivity contribution < 1.29 is 9.30 Å². The molecule has 0 amide bonds. The van der Waals surface area contributed by atoms with Crippen LogP contribution in [-0.4, -0.2) is 0 Å². The van der Waals surface area contributed by atoms with E-state index in [0.717, 1.165) is 36.5 Å². The summed E-state index contributed by atoms with van der Waals surface area (Å²) in [6, 6.07) is 14.4. The number of nitrogens with zero attached hydrogens (tertiary/aromatic N) is 1. The number of hydrogen-bond donors (Lipinski definition) is 0. The minimum atomic E-state index is 0.844. The van der Waals surface area contributed by atoms with E-state index in [0.29, 0.717) is 0 Å². The number of allylic oxidation sites excluding steroid dienone is 2. The van der Waals surface area contributed by atoms with Crippen molar-refractivity contribution >= 4 is 0 Å². The molecule has 0 radical (unpaired) electrons. The van der Waals surface area contributed by atoms with Crippen LogP contribution in [0.25, 0.3) is 0 Å². The highest BCUT2D eigenvalue weighted by Crippen LogP contribution is 2.31. The summed E-state index contributed by atoms with van der Waals surface area (Å²) in [4.78, 5) is 0. The number of pyridine rings is 1. The summed E-state index contributed by atoms with van der Waals surface area (Å²) < 4.78 is 8.17. The van der Waals surface area contributed by atoms with Crippen LogP contribution in [0.4, 0.5) is 0 Å². The predicted molar refractivity (Wildman–Crippen MR) is 83.9 cm³/mol. The van der Waals surface area contributed by atoms with Crippen molar-refractivity contribution in [3.05, 3.63) is 83.9 Å². The Kier molecular flexibility index (Phi) is 3.87. The van der Waals surface area contributed by atoms with Crippen molar-refractivity contribution in [2.75, 3.05) is 0 Å². The molecule has 0 unspecified atom stereocenters. The molecule has 0 spiro atoms. The van der Waals surface area contributed by atoms with E-state index in [-0.39, 0.29) is 0 Å². The van der Waals surface area contributed by atoms with Crippen molar-refractivity contribution in [3.63, 3.8) is 0 Å². The maximum atomic E-state index is 6.04. The molecule has 0 bridgehead atoms. The number of rotatable bonds is 4. The van der Waals surface area contributed by atoms with Crippen LogP contribution in [0.15, 0.2) is 78.3 Å². The molecule has 2 nitrogen and oxygen atoms in total. The fourth-order valence-electron chi connectivity index (χ4n) is 2.60. The van der Waals surface area contributed by atoms with E-state index in [1.165, 1.54) is 11.1 Å². The van der Waals surface area contributed by atoms with E-state index >= 15 is 0 Å². The van der Waals surface area contributed by atoms with Crippen LogP contribution in [0.2, 0.25) is 0 Å². The SMILES string of the molecule is C=C1CCC(C)=C1Oc1ccc[n+](Cc2ccccc2)c1. The minimum absolute atomic E-state index is 0.844. The van der Waals surface area contributed by atoms with Gasteiger partial charge in [-0.15, -0.1) is 0 Å². The Morgan fingerprint density at radius 3 is 2.62 bits per heavy atom. The molecule has 21 heavy (non-hydrogen) atoms. The fraction of sp³-hybridized carbons (Fsp3) is 0.211. The van der Waals surface area contributed by atoms with Crippen LogP contribution in [0.1, 0.15) is 25.3 Å². The molecule has 1 aliphatic rings. The summed E-state index contributed by atoms with van der Waals surface area (Å²) in [5.41, 5.74) is 3.67. The summed E-state index contributed by atoms with van der Waals surface area (Å²) >= 11 is 0. The standard InChI is InChI=1S/C19H20NO/c1-15-10-11-16(2)19(15)21-18-9-6-12-20(14-18)13-17-7-4-3-5-8-17/h3-9,12,14H,1,10-11,13H2,2H3/q+1. The molecule has 1 aromatic carbocycles. The van der Waals surface area contributed by atoms with Crippen LogP contribution in [0.5, 0.6) is 5.75 Å². The van der Waals surface area contributed by atoms with E-state index in [2.05, 4.69) is 48.5 Å². The average Bonchev–Trinajstić information content (AvgIpc) is 2.81. The first-order chi connectivity index (χ1) is 10.2. The summed E-state index contributed by atoms with van der Waals surface area (Å²) in [6.45, 7) is 7.05. The number of benzene rings is 1. The molecule has 0 atom stereocenters. The Bertz CT molecular complexity index is 686. The largest absolute Gasteiger partial charge is 0.451 e. The maximum absolute atomic E-state index is 6.04. The van der Waals surface area contributed by atoms with Gasteiger partial charge >= 0.3 is 0 Å². The lowest BCUT2D eigenvalue weighted by Crippen LogP contribution is -2.33. The van der Waals surface area contributed by atoms with Gasteiger partial charge in [-0.3, -0.25) is 0 Å². The van der Waals surface area contributed by atoms with Gasteiger partial charge in [-0.2, -0.15) is 4.57 Å². The van der Waals surface area contributed by atoms with E-state index in [9.17, 15) is 0 Å². The Morgan fingerprint density at radius 1 is 1.10 bits per heavy atom. The van der Waals surface area contributed by atoms with Crippen LogP contribution in [-0.2, 0) is 6.54 Å². The molecule has 0 aliphatic heterocycles. The molecule has 0 saturated carbocycles. The van der Waals surface area contributed by atoms with Crippen molar-refractivity contribution in [2.24, 2.45) is 0 Å². The molecular weight excluding hydrogens is 258 g/mol. The second kappa shape index (κ2) is 5.96. The highest BCUT2D eigenvalue weighted by Gasteiger charge is 2.18. The van der Waals surface area contributed by atoms with Gasteiger partial charge in [-0.1, -0.05) is 36.9 Å². The third kappa shape index (κ3) is 3.22. The molecule has 1 heterocycles. The van der Waals surface area contributed by atoms with Gasteiger partial charge in [0.1, 0.15) is 5.76 Å². The van der Waals surface area contributed by atoms with Gasteiger partial charge < -0.3 is 4.74 Å². The molecule has 1 aromatic heterocycles. The van der Waals surface area contributed by atoms with Crippen molar-refractivity contribution in [1.29, 1.82) is 0 Å². The number of hydrogen-bond acceptors (Lipinski definition) is 1. The van der Waals surface area contributed by atoms with E-state index in [1.807, 2.05) is 24.4 Å². The summed E-state index contributed by atoms with van der Waals surface area (Å²) in [5.74, 6) is 1.83. The van der Waals surface area contributed by atoms with Crippen LogP contribution < -0.4 is 9.30 Å². The number of ether oxygens (including phenoxy) is 1. The first-order valence-corrected chi connectivity index (χ1v) is 7.31. The third-order valence-corrected chi connectivity index (χ3v) is 3.77. The van der Waals surface area contributed by atoms with E-state index < -0.39 is 0 Å². The zero-order valence-corrected chi connectivity index (χ0v) is 12.4. The first kappa shape index (κ1) is 13.6. The van der Waals surface area contributed by atoms with Gasteiger partial charge in [0.05, 0.1) is 0 Å². The van der Waals surface area contributed by atoms with Crippen molar-refractivity contribution in [3.8, 4) is 5.75 Å². The summed E-state index contributed by atoms with van der Waals surface area (Å²) in [5, 5.41) is 0. The highest BCUT2D eigenvalue weighted by atomic mass is 16.5. The second-order valence-corrected chi connectivity index (χ2v) is 5.51. The summed E-state index contributed by atoms with van der Waals surface area (Å²) in [6.07, 6.45) is 6.17. The third-order valence-electron chi connectivity index (χ3n) is 3.77. The first-order valence-electron chi connectivity index (χ1n) is 7.31. The Hall–Kier alpha value is -2.35. The maximum Gasteiger partial charge on any atom is 0.212 e. The molecule has 2 aromatic rings. The lowest BCUT2D eigenvalue weighted by atomic mass is 10.2. The van der Waals surface area contributed by atoms with Crippen LogP contribution in [0.3, 0.4) is 0 Å². The van der Waals surface area contributed by atoms with Gasteiger partial charge in [0, 0.05) is 11.6 Å². The van der Waals surface area contributed by atoms with Crippen molar-refractivity contribution in [2.45, 2.75) is 26.3 Å². The molecule has 3 rings (SSSR count).